The largest absolute Gasteiger partial charge is 0.241 e. The zero-order valence-corrected chi connectivity index (χ0v) is 8.60. The number of fused-ring (bicyclic) bond motifs is 1. The van der Waals surface area contributed by atoms with Crippen LogP contribution in [-0.2, 0) is 0 Å². The summed E-state index contributed by atoms with van der Waals surface area (Å²) < 4.78 is 0. The SMILES string of the molecule is Cc1cc2c(c(Cl)n1)=CCC(C)C=2. The molecule has 2 heteroatoms. The van der Waals surface area contributed by atoms with Crippen LogP contribution in [-0.4, -0.2) is 4.98 Å². The van der Waals surface area contributed by atoms with Gasteiger partial charge in [-0.2, -0.15) is 0 Å². The second-order valence-electron chi connectivity index (χ2n) is 3.64. The van der Waals surface area contributed by atoms with Crippen LogP contribution in [0.4, 0.5) is 0 Å². The van der Waals surface area contributed by atoms with Crippen LogP contribution in [0.5, 0.6) is 0 Å². The minimum Gasteiger partial charge on any atom is -0.241 e. The maximum atomic E-state index is 6.03. The highest BCUT2D eigenvalue weighted by atomic mass is 35.5. The summed E-state index contributed by atoms with van der Waals surface area (Å²) >= 11 is 6.03. The third-order valence-electron chi connectivity index (χ3n) is 2.33. The molecule has 0 aromatic carbocycles. The molecule has 1 nitrogen and oxygen atoms in total. The molecule has 1 heterocycles. The molecule has 0 spiro atoms. The molecule has 0 saturated carbocycles. The fraction of sp³-hybridized carbons (Fsp3) is 0.364. The van der Waals surface area contributed by atoms with Gasteiger partial charge in [-0.15, -0.1) is 0 Å². The van der Waals surface area contributed by atoms with Gasteiger partial charge < -0.3 is 0 Å². The van der Waals surface area contributed by atoms with Crippen LogP contribution in [0.3, 0.4) is 0 Å². The Hall–Kier alpha value is -0.820. The molecular weight excluding hydrogens is 182 g/mol. The van der Waals surface area contributed by atoms with Crippen LogP contribution < -0.4 is 10.4 Å². The van der Waals surface area contributed by atoms with Gasteiger partial charge in [0.2, 0.25) is 0 Å². The summed E-state index contributed by atoms with van der Waals surface area (Å²) in [7, 11) is 0. The van der Waals surface area contributed by atoms with Crippen LogP contribution in [0, 0.1) is 12.8 Å². The second kappa shape index (κ2) is 3.15. The van der Waals surface area contributed by atoms with Gasteiger partial charge in [-0.1, -0.05) is 30.7 Å². The van der Waals surface area contributed by atoms with E-state index >= 15 is 0 Å². The number of hydrogen-bond acceptors (Lipinski definition) is 1. The highest BCUT2D eigenvalue weighted by Gasteiger charge is 2.04. The van der Waals surface area contributed by atoms with Crippen molar-refractivity contribution < 1.29 is 0 Å². The normalized spacial score (nSPS) is 20.1. The molecule has 68 valence electrons. The number of halogens is 1. The highest BCUT2D eigenvalue weighted by Crippen LogP contribution is 2.08. The zero-order chi connectivity index (χ0) is 9.42. The molecule has 1 aliphatic carbocycles. The van der Waals surface area contributed by atoms with Gasteiger partial charge in [0.05, 0.1) is 0 Å². The fourth-order valence-corrected chi connectivity index (χ4v) is 2.01. The van der Waals surface area contributed by atoms with Crippen molar-refractivity contribution in [3.8, 4) is 0 Å². The van der Waals surface area contributed by atoms with Gasteiger partial charge in [0, 0.05) is 10.9 Å². The smallest absolute Gasteiger partial charge is 0.136 e. The summed E-state index contributed by atoms with van der Waals surface area (Å²) in [5.74, 6) is 0.616. The maximum Gasteiger partial charge on any atom is 0.136 e. The van der Waals surface area contributed by atoms with E-state index in [0.29, 0.717) is 11.1 Å². The minimum atomic E-state index is 0.616. The third-order valence-corrected chi connectivity index (χ3v) is 2.62. The lowest BCUT2D eigenvalue weighted by Gasteiger charge is -2.08. The molecule has 0 saturated heterocycles. The second-order valence-corrected chi connectivity index (χ2v) is 4.00. The molecule has 0 N–H and O–H groups in total. The first-order valence-corrected chi connectivity index (χ1v) is 4.90. The Balaban J connectivity index is 2.80. The number of pyridine rings is 1. The number of aromatic nitrogens is 1. The standard InChI is InChI=1S/C11H12ClN/c1-7-3-4-10-9(5-7)6-8(2)13-11(10)12/h4-7H,3H2,1-2H3. The van der Waals surface area contributed by atoms with E-state index in [1.54, 1.807) is 0 Å². The lowest BCUT2D eigenvalue weighted by Crippen LogP contribution is -2.30. The predicted molar refractivity (Wildman–Crippen MR) is 55.9 cm³/mol. The van der Waals surface area contributed by atoms with Crippen LogP contribution in [0.15, 0.2) is 6.07 Å². The Morgan fingerprint density at radius 1 is 1.54 bits per heavy atom. The molecule has 1 unspecified atom stereocenters. The van der Waals surface area contributed by atoms with Crippen LogP contribution in [0.2, 0.25) is 5.15 Å². The van der Waals surface area contributed by atoms with Gasteiger partial charge in [0.1, 0.15) is 5.15 Å². The van der Waals surface area contributed by atoms with Crippen molar-refractivity contribution in [2.24, 2.45) is 5.92 Å². The summed E-state index contributed by atoms with van der Waals surface area (Å²) in [6.45, 7) is 4.18. The molecule has 1 aliphatic rings. The maximum absolute atomic E-state index is 6.03. The summed E-state index contributed by atoms with van der Waals surface area (Å²) in [5, 5.41) is 2.97. The van der Waals surface area contributed by atoms with Crippen LogP contribution in [0.25, 0.3) is 12.2 Å². The Morgan fingerprint density at radius 3 is 3.08 bits per heavy atom. The van der Waals surface area contributed by atoms with Gasteiger partial charge in [-0.25, -0.2) is 4.98 Å². The van der Waals surface area contributed by atoms with Crippen LogP contribution in [0.1, 0.15) is 19.0 Å². The third kappa shape index (κ3) is 1.61. The first-order valence-electron chi connectivity index (χ1n) is 4.52. The Bertz CT molecular complexity index is 448. The van der Waals surface area contributed by atoms with Crippen LogP contribution >= 0.6 is 11.6 Å². The number of hydrogen-bond donors (Lipinski definition) is 0. The average molecular weight is 194 g/mol. The number of nitrogens with zero attached hydrogens (tertiary/aromatic N) is 1. The molecule has 1 aromatic rings. The Kier molecular flexibility index (Phi) is 2.12. The van der Waals surface area contributed by atoms with Gasteiger partial charge in [0.25, 0.3) is 0 Å². The van der Waals surface area contributed by atoms with E-state index in [0.717, 1.165) is 17.3 Å². The summed E-state index contributed by atoms with van der Waals surface area (Å²) in [6.07, 6.45) is 5.50. The van der Waals surface area contributed by atoms with Crippen molar-refractivity contribution in [2.45, 2.75) is 20.3 Å². The number of rotatable bonds is 0. The van der Waals surface area contributed by atoms with E-state index in [-0.39, 0.29) is 0 Å². The molecule has 2 rings (SSSR count). The molecule has 1 aromatic heterocycles. The predicted octanol–water partition coefficient (Wildman–Crippen LogP) is 1.64. The van der Waals surface area contributed by atoms with E-state index in [1.165, 1.54) is 5.22 Å². The quantitative estimate of drug-likeness (QED) is 0.571. The first kappa shape index (κ1) is 8.76. The monoisotopic (exact) mass is 193 g/mol. The molecular formula is C11H12ClN. The van der Waals surface area contributed by atoms with E-state index < -0.39 is 0 Å². The van der Waals surface area contributed by atoms with Gasteiger partial charge >= 0.3 is 0 Å². The van der Waals surface area contributed by atoms with Gasteiger partial charge in [-0.05, 0) is 30.5 Å². The molecule has 0 amide bonds. The van der Waals surface area contributed by atoms with Crippen molar-refractivity contribution >= 4 is 23.8 Å². The minimum absolute atomic E-state index is 0.616. The topological polar surface area (TPSA) is 12.9 Å². The Labute approximate surface area is 82.8 Å². The molecule has 0 fully saturated rings. The summed E-state index contributed by atoms with van der Waals surface area (Å²) in [4.78, 5) is 4.23. The Morgan fingerprint density at radius 2 is 2.31 bits per heavy atom. The van der Waals surface area contributed by atoms with Crippen molar-refractivity contribution in [3.63, 3.8) is 0 Å². The van der Waals surface area contributed by atoms with E-state index in [1.807, 2.05) is 6.92 Å². The summed E-state index contributed by atoms with van der Waals surface area (Å²) in [5.41, 5.74) is 0.988. The number of aryl methyl sites for hydroxylation is 1. The average Bonchev–Trinajstić information content (AvgIpc) is 2.02. The highest BCUT2D eigenvalue weighted by molar-refractivity contribution is 6.29. The van der Waals surface area contributed by atoms with Crippen molar-refractivity contribution in [2.75, 3.05) is 0 Å². The molecule has 13 heavy (non-hydrogen) atoms. The first-order chi connectivity index (χ1) is 6.16. The zero-order valence-electron chi connectivity index (χ0n) is 7.84. The fourth-order valence-electron chi connectivity index (χ4n) is 1.69. The van der Waals surface area contributed by atoms with E-state index in [9.17, 15) is 0 Å². The van der Waals surface area contributed by atoms with E-state index in [2.05, 4.69) is 30.1 Å². The van der Waals surface area contributed by atoms with Crippen molar-refractivity contribution in [1.29, 1.82) is 0 Å². The molecule has 1 atom stereocenters. The molecule has 0 radical (unpaired) electrons. The lowest BCUT2D eigenvalue weighted by atomic mass is 10.00. The van der Waals surface area contributed by atoms with Gasteiger partial charge in [0.15, 0.2) is 0 Å². The lowest BCUT2D eigenvalue weighted by molar-refractivity contribution is 0.799. The molecule has 0 aliphatic heterocycles. The molecule has 0 bridgehead atoms. The van der Waals surface area contributed by atoms with Crippen molar-refractivity contribution in [3.05, 3.63) is 27.4 Å². The van der Waals surface area contributed by atoms with Gasteiger partial charge in [-0.3, -0.25) is 0 Å². The van der Waals surface area contributed by atoms with E-state index in [4.69, 9.17) is 11.6 Å². The summed E-state index contributed by atoms with van der Waals surface area (Å²) in [6, 6.07) is 2.09. The van der Waals surface area contributed by atoms with Crippen molar-refractivity contribution in [1.82, 2.24) is 4.98 Å².